The van der Waals surface area contributed by atoms with Crippen LogP contribution in [-0.4, -0.2) is 34.4 Å². The van der Waals surface area contributed by atoms with Gasteiger partial charge in [-0.15, -0.1) is 0 Å². The first-order valence-corrected chi connectivity index (χ1v) is 53.7. The van der Waals surface area contributed by atoms with Crippen LogP contribution in [0.5, 0.6) is 0 Å². The summed E-state index contributed by atoms with van der Waals surface area (Å²) in [7, 11) is -5.40. The van der Waals surface area contributed by atoms with Gasteiger partial charge in [-0.1, -0.05) is 461 Å². The van der Waals surface area contributed by atoms with E-state index in [1.165, 1.54) is 212 Å². The molecule has 6 heteroatoms. The Hall–Kier alpha value is -18.3. The third-order valence-electron chi connectivity index (χ3n) is 29.7. The number of benzene rings is 23. The van der Waals surface area contributed by atoms with Gasteiger partial charge in [-0.3, -0.25) is 0 Å². The van der Waals surface area contributed by atoms with Crippen molar-refractivity contribution in [1.29, 1.82) is 0 Å². The molecule has 27 aromatic rings. The third kappa shape index (κ3) is 15.1. The van der Waals surface area contributed by atoms with E-state index in [-0.39, 0.29) is 0 Å². The predicted molar refractivity (Wildman–Crippen MR) is 616 cm³/mol. The van der Waals surface area contributed by atoms with E-state index in [4.69, 9.17) is 0 Å². The maximum Gasteiger partial charge on any atom is 0.179 e. The summed E-state index contributed by atoms with van der Waals surface area (Å²) in [4.78, 5) is 0. The lowest BCUT2D eigenvalue weighted by molar-refractivity contribution is 1.18. The lowest BCUT2D eigenvalue weighted by Crippen LogP contribution is -2.74. The molecule has 0 radical (unpaired) electrons. The Labute approximate surface area is 839 Å². The second kappa shape index (κ2) is 36.8. The number of rotatable bonds is 19. The Morgan fingerprint density at radius 2 is 0.264 bits per heavy atom. The van der Waals surface area contributed by atoms with Crippen molar-refractivity contribution in [3.05, 3.63) is 582 Å². The maximum atomic E-state index is 2.46. The van der Waals surface area contributed by atoms with Gasteiger partial charge in [-0.25, -0.2) is 0 Å². The summed E-state index contributed by atoms with van der Waals surface area (Å²) in [5, 5.41) is 20.9. The van der Waals surface area contributed by atoms with Gasteiger partial charge in [0.25, 0.3) is 0 Å². The number of aromatic nitrogens is 4. The van der Waals surface area contributed by atoms with E-state index in [1.807, 2.05) is 0 Å². The molecule has 0 fully saturated rings. The van der Waals surface area contributed by atoms with Gasteiger partial charge >= 0.3 is 0 Å². The standard InChI is InChI=1S/C72H50N2Si.C66H46N2Si/c1-5-20-51(21-6-1)54-22-17-25-59(46-54)73-69-36-15-13-34-65(69)67-49-57(42-44-71(67)73)52-38-40-53(41-39-52)58-43-45-72-68(50-58)66-35-14-16-37-70(66)74(72)60-26-18-23-55(47-60)56-24-19-33-64(48-56)75(61-27-7-2-8-28-61,62-29-9-3-10-30-62)63-31-11-4-12-32-63;1-5-21-53(22-6-1)67-63-33-15-13-31-59(63)61-45-51(39-41-65(61)67)47-35-37-48(38-36-47)52-40-42-66-62(46-52)60-32-14-16-34-64(60)68(66)54-23-17-19-49(43-54)50-20-18-30-58(44-50)69(55-24-7-2-8-25-55,56-26-9-3-10-27-56)57-28-11-4-12-29-57/h1-50H;1-46H. The Balaban J connectivity index is 0.000000147. The van der Waals surface area contributed by atoms with E-state index in [9.17, 15) is 0 Å². The molecule has 27 rings (SSSR count). The Morgan fingerprint density at radius 3 is 0.535 bits per heavy atom. The van der Waals surface area contributed by atoms with Crippen LogP contribution in [0.4, 0.5) is 0 Å². The van der Waals surface area contributed by atoms with Gasteiger partial charge in [-0.05, 0) is 241 Å². The Kier molecular flexibility index (Phi) is 22.0. The second-order valence-electron chi connectivity index (χ2n) is 37.7. The molecule has 0 N–H and O–H groups in total. The molecule has 0 bridgehead atoms. The SMILES string of the molecule is c1ccc(-c2cccc(-n3c4ccccc4c4cc(-c5ccc(-c6ccc7c(c6)c6ccccc6n7-c6cccc(-c7cccc([Si](c8ccccc8)(c8ccccc8)c8ccccc8)c7)c6)cc5)ccc43)c2)cc1.c1ccc(-n2c3ccccc3c3cc(-c4ccc(-c5ccc6c(c5)c5ccccc5n6-c5cccc(-c6cccc([Si](c7ccccc7)(c7ccccc7)c7ccccc7)c6)c5)cc4)ccc32)cc1. The minimum atomic E-state index is -2.70. The smallest absolute Gasteiger partial charge is 0.179 e. The van der Waals surface area contributed by atoms with Crippen molar-refractivity contribution in [3.63, 3.8) is 0 Å². The molecule has 0 aliphatic rings. The van der Waals surface area contributed by atoms with Gasteiger partial charge in [0.1, 0.15) is 0 Å². The molecule has 4 heterocycles. The highest BCUT2D eigenvalue weighted by atomic mass is 28.3. The van der Waals surface area contributed by atoms with Crippen LogP contribution in [-0.2, 0) is 0 Å². The zero-order valence-electron chi connectivity index (χ0n) is 79.2. The molecule has 0 amide bonds. The van der Waals surface area contributed by atoms with Crippen LogP contribution >= 0.6 is 0 Å². The summed E-state index contributed by atoms with van der Waals surface area (Å²) in [6.07, 6.45) is 0. The van der Waals surface area contributed by atoms with Crippen LogP contribution in [0.2, 0.25) is 0 Å². The zero-order chi connectivity index (χ0) is 95.4. The fraction of sp³-hybridized carbons (Fsp3) is 0. The van der Waals surface area contributed by atoms with Gasteiger partial charge in [-0.2, -0.15) is 0 Å². The fourth-order valence-electron chi connectivity index (χ4n) is 23.1. The Morgan fingerprint density at radius 1 is 0.0972 bits per heavy atom. The first-order valence-electron chi connectivity index (χ1n) is 49.7. The molecule has 4 nitrogen and oxygen atoms in total. The monoisotopic (exact) mass is 1860 g/mol. The molecular weight excluding hydrogens is 1770 g/mol. The maximum absolute atomic E-state index is 2.70. The van der Waals surface area contributed by atoms with Crippen LogP contribution in [0.25, 0.3) is 188 Å². The van der Waals surface area contributed by atoms with Crippen molar-refractivity contribution in [2.24, 2.45) is 0 Å². The van der Waals surface area contributed by atoms with Gasteiger partial charge in [0.05, 0.1) is 44.1 Å². The summed E-state index contributed by atoms with van der Waals surface area (Å²) < 4.78 is 9.65. The molecule has 0 saturated carbocycles. The number of fused-ring (bicyclic) bond motifs is 12. The molecule has 0 atom stereocenters. The van der Waals surface area contributed by atoms with E-state index in [0.29, 0.717) is 0 Å². The summed E-state index contributed by atoms with van der Waals surface area (Å²) in [6, 6.07) is 215. The summed E-state index contributed by atoms with van der Waals surface area (Å²) in [5.74, 6) is 0. The minimum absolute atomic E-state index is 1.14. The number of para-hydroxylation sites is 5. The van der Waals surface area contributed by atoms with Crippen molar-refractivity contribution < 1.29 is 0 Å². The van der Waals surface area contributed by atoms with E-state index in [2.05, 4.69) is 601 Å². The highest BCUT2D eigenvalue weighted by Gasteiger charge is 2.43. The van der Waals surface area contributed by atoms with E-state index >= 15 is 0 Å². The fourth-order valence-corrected chi connectivity index (χ4v) is 32.7. The van der Waals surface area contributed by atoms with Crippen LogP contribution in [0.1, 0.15) is 0 Å². The molecule has 676 valence electrons. The number of hydrogen-bond donors (Lipinski definition) is 0. The number of nitrogens with zero attached hydrogens (tertiary/aromatic N) is 4. The lowest BCUT2D eigenvalue weighted by Gasteiger charge is -2.34. The summed E-state index contributed by atoms with van der Waals surface area (Å²) >= 11 is 0. The largest absolute Gasteiger partial charge is 0.309 e. The van der Waals surface area contributed by atoms with Crippen molar-refractivity contribution >= 4 is 145 Å². The molecule has 0 unspecified atom stereocenters. The van der Waals surface area contributed by atoms with Crippen molar-refractivity contribution in [2.75, 3.05) is 0 Å². The highest BCUT2D eigenvalue weighted by molar-refractivity contribution is 7.20. The summed E-state index contributed by atoms with van der Waals surface area (Å²) in [5.41, 5.74) is 31.0. The third-order valence-corrected chi connectivity index (χ3v) is 39.3. The molecule has 0 aliphatic carbocycles. The molecular formula is C138H96N4Si2. The molecule has 144 heavy (non-hydrogen) atoms. The highest BCUT2D eigenvalue weighted by Crippen LogP contribution is 2.43. The second-order valence-corrected chi connectivity index (χ2v) is 45.3. The topological polar surface area (TPSA) is 19.7 Å². The summed E-state index contributed by atoms with van der Waals surface area (Å²) in [6.45, 7) is 0. The van der Waals surface area contributed by atoms with Crippen molar-refractivity contribution in [3.8, 4) is 101 Å². The number of hydrogen-bond acceptors (Lipinski definition) is 0. The average Bonchev–Trinajstić information content (AvgIpc) is 1.02. The first-order chi connectivity index (χ1) is 71.4. The van der Waals surface area contributed by atoms with Crippen molar-refractivity contribution in [2.45, 2.75) is 0 Å². The van der Waals surface area contributed by atoms with Gasteiger partial charge < -0.3 is 18.3 Å². The van der Waals surface area contributed by atoms with Crippen LogP contribution in [0, 0.1) is 0 Å². The quantitative estimate of drug-likeness (QED) is 0.0568. The van der Waals surface area contributed by atoms with Crippen LogP contribution in [0.3, 0.4) is 0 Å². The molecule has 4 aromatic heterocycles. The van der Waals surface area contributed by atoms with E-state index in [1.54, 1.807) is 0 Å². The Bertz CT molecular complexity index is 9270. The molecule has 23 aromatic carbocycles. The van der Waals surface area contributed by atoms with Gasteiger partial charge in [0, 0.05) is 65.8 Å². The van der Waals surface area contributed by atoms with Crippen molar-refractivity contribution in [1.82, 2.24) is 18.3 Å². The van der Waals surface area contributed by atoms with Crippen LogP contribution in [0.15, 0.2) is 582 Å². The van der Waals surface area contributed by atoms with E-state index < -0.39 is 16.1 Å². The minimum Gasteiger partial charge on any atom is -0.309 e. The van der Waals surface area contributed by atoms with E-state index in [0.717, 1.165) is 17.1 Å². The average molecular weight is 1870 g/mol. The van der Waals surface area contributed by atoms with Gasteiger partial charge in [0.15, 0.2) is 16.1 Å². The van der Waals surface area contributed by atoms with Crippen LogP contribution < -0.4 is 41.5 Å². The molecule has 0 aliphatic heterocycles. The molecule has 0 spiro atoms. The zero-order valence-corrected chi connectivity index (χ0v) is 81.2. The molecule has 0 saturated heterocycles. The predicted octanol–water partition coefficient (Wildman–Crippen LogP) is 30.2. The van der Waals surface area contributed by atoms with Gasteiger partial charge in [0.2, 0.25) is 0 Å². The lowest BCUT2D eigenvalue weighted by atomic mass is 9.98. The first kappa shape index (κ1) is 86.1. The normalized spacial score (nSPS) is 11.8.